The highest BCUT2D eigenvalue weighted by molar-refractivity contribution is 5.50. The minimum Gasteiger partial charge on any atom is -0.507 e. The van der Waals surface area contributed by atoms with Crippen LogP contribution >= 0.6 is 0 Å². The number of aromatic hydroxyl groups is 2. The molecular formula is C37H60N2O2. The van der Waals surface area contributed by atoms with Crippen molar-refractivity contribution >= 4 is 0 Å². The van der Waals surface area contributed by atoms with Gasteiger partial charge in [0.25, 0.3) is 0 Å². The molecule has 41 heavy (non-hydrogen) atoms. The summed E-state index contributed by atoms with van der Waals surface area (Å²) in [7, 11) is 2.18. The van der Waals surface area contributed by atoms with Gasteiger partial charge in [0.2, 0.25) is 0 Å². The molecule has 2 aromatic rings. The Labute approximate surface area is 252 Å². The predicted molar refractivity (Wildman–Crippen MR) is 175 cm³/mol. The van der Waals surface area contributed by atoms with Crippen LogP contribution < -0.4 is 0 Å². The van der Waals surface area contributed by atoms with Crippen molar-refractivity contribution in [3.63, 3.8) is 0 Å². The third-order valence-corrected chi connectivity index (χ3v) is 8.81. The zero-order valence-corrected chi connectivity index (χ0v) is 28.6. The molecule has 1 heterocycles. The zero-order valence-electron chi connectivity index (χ0n) is 28.6. The lowest BCUT2D eigenvalue weighted by atomic mass is 9.78. The molecular weight excluding hydrogens is 504 g/mol. The maximum absolute atomic E-state index is 11.5. The molecule has 4 nitrogen and oxygen atoms in total. The first-order valence-corrected chi connectivity index (χ1v) is 15.8. The summed E-state index contributed by atoms with van der Waals surface area (Å²) in [6, 6.07) is 9.27. The van der Waals surface area contributed by atoms with Crippen molar-refractivity contribution in [2.45, 2.75) is 143 Å². The molecule has 1 fully saturated rings. The monoisotopic (exact) mass is 564 g/mol. The molecule has 1 aliphatic heterocycles. The summed E-state index contributed by atoms with van der Waals surface area (Å²) in [6.45, 7) is 30.0. The number of likely N-dealkylation sites (tertiary alicyclic amines) is 1. The van der Waals surface area contributed by atoms with Gasteiger partial charge in [-0.25, -0.2) is 0 Å². The van der Waals surface area contributed by atoms with Gasteiger partial charge in [0.15, 0.2) is 0 Å². The largest absolute Gasteiger partial charge is 0.507 e. The molecule has 0 bridgehead atoms. The Morgan fingerprint density at radius 2 is 1.15 bits per heavy atom. The minimum absolute atomic E-state index is 0.0106. The van der Waals surface area contributed by atoms with E-state index < -0.39 is 0 Å². The van der Waals surface area contributed by atoms with Crippen LogP contribution in [0.2, 0.25) is 0 Å². The van der Waals surface area contributed by atoms with Gasteiger partial charge in [-0.3, -0.25) is 4.90 Å². The van der Waals surface area contributed by atoms with Gasteiger partial charge in [0, 0.05) is 36.8 Å². The van der Waals surface area contributed by atoms with Crippen molar-refractivity contribution in [2.24, 2.45) is 0 Å². The zero-order chi connectivity index (χ0) is 31.1. The van der Waals surface area contributed by atoms with Crippen LogP contribution in [0.1, 0.15) is 136 Å². The van der Waals surface area contributed by atoms with Crippen molar-refractivity contribution in [3.8, 4) is 11.5 Å². The second-order valence-electron chi connectivity index (χ2n) is 16.9. The summed E-state index contributed by atoms with van der Waals surface area (Å²) in [5.41, 5.74) is 6.43. The Morgan fingerprint density at radius 3 is 1.61 bits per heavy atom. The normalized spacial score (nSPS) is 17.9. The third-order valence-electron chi connectivity index (χ3n) is 8.81. The van der Waals surface area contributed by atoms with Crippen molar-refractivity contribution in [1.82, 2.24) is 9.80 Å². The number of hydrogen-bond donors (Lipinski definition) is 2. The van der Waals surface area contributed by atoms with Crippen LogP contribution in [0, 0.1) is 0 Å². The topological polar surface area (TPSA) is 46.9 Å². The number of hydrogen-bond acceptors (Lipinski definition) is 4. The van der Waals surface area contributed by atoms with Gasteiger partial charge in [-0.15, -0.1) is 0 Å². The molecule has 3 rings (SSSR count). The summed E-state index contributed by atoms with van der Waals surface area (Å²) < 4.78 is 0. The highest BCUT2D eigenvalue weighted by atomic mass is 16.3. The lowest BCUT2D eigenvalue weighted by Crippen LogP contribution is -2.45. The molecule has 1 saturated heterocycles. The molecule has 0 saturated carbocycles. The Hall–Kier alpha value is -2.04. The molecule has 1 aliphatic rings. The van der Waals surface area contributed by atoms with E-state index in [1.807, 2.05) is 0 Å². The first-order valence-electron chi connectivity index (χ1n) is 15.8. The molecule has 1 unspecified atom stereocenters. The van der Waals surface area contributed by atoms with E-state index in [9.17, 15) is 10.2 Å². The second kappa shape index (κ2) is 11.9. The minimum atomic E-state index is -0.131. The smallest absolute Gasteiger partial charge is 0.123 e. The lowest BCUT2D eigenvalue weighted by Gasteiger charge is -2.39. The van der Waals surface area contributed by atoms with E-state index >= 15 is 0 Å². The van der Waals surface area contributed by atoms with Gasteiger partial charge in [0.1, 0.15) is 11.5 Å². The van der Waals surface area contributed by atoms with Crippen LogP contribution in [-0.2, 0) is 34.7 Å². The number of nitrogens with zero attached hydrogens (tertiary/aromatic N) is 2. The van der Waals surface area contributed by atoms with E-state index in [4.69, 9.17) is 0 Å². The van der Waals surface area contributed by atoms with Crippen LogP contribution in [0.15, 0.2) is 24.3 Å². The third kappa shape index (κ3) is 8.29. The molecule has 0 spiro atoms. The van der Waals surface area contributed by atoms with Crippen LogP contribution in [0.5, 0.6) is 11.5 Å². The van der Waals surface area contributed by atoms with Gasteiger partial charge in [-0.2, -0.15) is 0 Å². The van der Waals surface area contributed by atoms with Crippen LogP contribution in [0.4, 0.5) is 0 Å². The Balaban J connectivity index is 1.89. The van der Waals surface area contributed by atoms with E-state index in [0.717, 1.165) is 48.3 Å². The van der Waals surface area contributed by atoms with Crippen LogP contribution in [-0.4, -0.2) is 46.2 Å². The molecule has 0 aliphatic carbocycles. The van der Waals surface area contributed by atoms with Gasteiger partial charge >= 0.3 is 0 Å². The summed E-state index contributed by atoms with van der Waals surface area (Å²) in [5.74, 6) is 0.901. The SMILES string of the molecule is CN(Cc1cc(C(C)(C)C)cc(C(C)(C)C)c1O)CC1CCCCN1Cc1cc(C(C)(C)C)cc(C(C)(C)C)c1O. The fraction of sp³-hybridized carbons (Fsp3) is 0.676. The van der Waals surface area contributed by atoms with Gasteiger partial charge < -0.3 is 15.1 Å². The van der Waals surface area contributed by atoms with E-state index in [1.165, 1.54) is 24.0 Å². The van der Waals surface area contributed by atoms with E-state index in [2.05, 4.69) is 124 Å². The maximum atomic E-state index is 11.5. The number of phenols is 2. The summed E-state index contributed by atoms with van der Waals surface area (Å²) in [4.78, 5) is 4.96. The molecule has 2 aromatic carbocycles. The van der Waals surface area contributed by atoms with Crippen molar-refractivity contribution < 1.29 is 10.2 Å². The van der Waals surface area contributed by atoms with Gasteiger partial charge in [-0.1, -0.05) is 114 Å². The molecule has 0 amide bonds. The number of benzene rings is 2. The average molecular weight is 565 g/mol. The summed E-state index contributed by atoms with van der Waals surface area (Å²) in [5, 5.41) is 22.8. The molecule has 0 aromatic heterocycles. The van der Waals surface area contributed by atoms with Gasteiger partial charge in [-0.05, 0) is 70.3 Å². The fourth-order valence-corrected chi connectivity index (χ4v) is 6.05. The molecule has 230 valence electrons. The molecule has 2 N–H and O–H groups in total. The lowest BCUT2D eigenvalue weighted by molar-refractivity contribution is 0.103. The van der Waals surface area contributed by atoms with Crippen LogP contribution in [0.25, 0.3) is 0 Å². The Morgan fingerprint density at radius 1 is 0.683 bits per heavy atom. The Bertz CT molecular complexity index is 1200. The Kier molecular flexibility index (Phi) is 9.73. The standard InChI is InChI=1S/C37H60N2O2/c1-34(2,3)27-18-25(32(40)30(20-27)36(7,8)9)22-38(13)24-29-16-14-15-17-39(29)23-26-19-28(35(4,5)6)21-31(33(26)41)37(10,11)12/h18-21,29,40-41H,14-17,22-24H2,1-13H3. The number of piperidine rings is 1. The van der Waals surface area contributed by atoms with Crippen molar-refractivity contribution in [3.05, 3.63) is 57.6 Å². The van der Waals surface area contributed by atoms with E-state index in [-0.39, 0.29) is 21.7 Å². The number of phenolic OH excluding ortho intramolecular Hbond substituents is 2. The van der Waals surface area contributed by atoms with Crippen molar-refractivity contribution in [1.29, 1.82) is 0 Å². The fourth-order valence-electron chi connectivity index (χ4n) is 6.05. The van der Waals surface area contributed by atoms with Gasteiger partial charge in [0.05, 0.1) is 0 Å². The predicted octanol–water partition coefficient (Wildman–Crippen LogP) is 8.77. The number of rotatable bonds is 6. The quantitative estimate of drug-likeness (QED) is 0.368. The molecule has 0 radical (unpaired) electrons. The molecule has 4 heteroatoms. The first-order chi connectivity index (χ1) is 18.6. The van der Waals surface area contributed by atoms with Crippen LogP contribution in [0.3, 0.4) is 0 Å². The van der Waals surface area contributed by atoms with E-state index in [1.54, 1.807) is 0 Å². The average Bonchev–Trinajstić information content (AvgIpc) is 2.79. The summed E-state index contributed by atoms with van der Waals surface area (Å²) in [6.07, 6.45) is 3.57. The molecule has 1 atom stereocenters. The highest BCUT2D eigenvalue weighted by Crippen LogP contribution is 2.40. The van der Waals surface area contributed by atoms with Crippen molar-refractivity contribution in [2.75, 3.05) is 20.1 Å². The summed E-state index contributed by atoms with van der Waals surface area (Å²) >= 11 is 0. The number of likely N-dealkylation sites (N-methyl/N-ethyl adjacent to an activating group) is 1. The second-order valence-corrected chi connectivity index (χ2v) is 16.9. The maximum Gasteiger partial charge on any atom is 0.123 e. The first kappa shape index (κ1) is 33.5. The highest BCUT2D eigenvalue weighted by Gasteiger charge is 2.30. The van der Waals surface area contributed by atoms with E-state index in [0.29, 0.717) is 24.1 Å².